The highest BCUT2D eigenvalue weighted by Gasteiger charge is 2.14. The van der Waals surface area contributed by atoms with Crippen molar-refractivity contribution in [3.05, 3.63) is 53.9 Å². The van der Waals surface area contributed by atoms with Crippen LogP contribution in [0, 0.1) is 0 Å². The van der Waals surface area contributed by atoms with Crippen molar-refractivity contribution >= 4 is 23.0 Å². The lowest BCUT2D eigenvalue weighted by molar-refractivity contribution is -0.124. The molecule has 8 nitrogen and oxygen atoms in total. The van der Waals surface area contributed by atoms with Crippen LogP contribution in [-0.2, 0) is 16.1 Å². The predicted molar refractivity (Wildman–Crippen MR) is 88.7 cm³/mol. The summed E-state index contributed by atoms with van der Waals surface area (Å²) in [5, 5.41) is 2.68. The van der Waals surface area contributed by atoms with Crippen LogP contribution in [0.3, 0.4) is 0 Å². The Morgan fingerprint density at radius 1 is 1.12 bits per heavy atom. The van der Waals surface area contributed by atoms with Crippen LogP contribution in [0.15, 0.2) is 47.2 Å². The molecule has 0 saturated carbocycles. The minimum absolute atomic E-state index is 0.196. The number of esters is 1. The Morgan fingerprint density at radius 2 is 2.00 bits per heavy atom. The lowest BCUT2D eigenvalue weighted by Crippen LogP contribution is -2.28. The predicted octanol–water partition coefficient (Wildman–Crippen LogP) is 2.03. The van der Waals surface area contributed by atoms with Gasteiger partial charge >= 0.3 is 5.97 Å². The number of nitrogens with zero attached hydrogens (tertiary/aromatic N) is 1. The summed E-state index contributed by atoms with van der Waals surface area (Å²) in [4.78, 5) is 27.9. The molecule has 3 aromatic rings. The first-order valence-electron chi connectivity index (χ1n) is 7.85. The molecule has 1 aliphatic rings. The minimum Gasteiger partial charge on any atom is -0.454 e. The summed E-state index contributed by atoms with van der Waals surface area (Å²) in [5.41, 5.74) is 2.27. The van der Waals surface area contributed by atoms with Crippen molar-refractivity contribution < 1.29 is 28.2 Å². The number of hydrogen-bond donors (Lipinski definition) is 1. The summed E-state index contributed by atoms with van der Waals surface area (Å²) >= 11 is 0. The molecule has 132 valence electrons. The number of rotatable bonds is 5. The molecule has 0 bridgehead atoms. The van der Waals surface area contributed by atoms with E-state index in [1.54, 1.807) is 30.3 Å². The average Bonchev–Trinajstić information content (AvgIpc) is 3.32. The zero-order chi connectivity index (χ0) is 17.9. The molecule has 1 aromatic heterocycles. The van der Waals surface area contributed by atoms with Gasteiger partial charge < -0.3 is 23.9 Å². The summed E-state index contributed by atoms with van der Waals surface area (Å²) < 4.78 is 20.6. The van der Waals surface area contributed by atoms with Crippen LogP contribution in [0.4, 0.5) is 0 Å². The second kappa shape index (κ2) is 6.75. The highest BCUT2D eigenvalue weighted by Crippen LogP contribution is 2.32. The highest BCUT2D eigenvalue weighted by molar-refractivity contribution is 5.94. The minimum atomic E-state index is -0.604. The Balaban J connectivity index is 1.28. The van der Waals surface area contributed by atoms with Gasteiger partial charge in [0.2, 0.25) is 6.79 Å². The second-order valence-electron chi connectivity index (χ2n) is 5.58. The Labute approximate surface area is 147 Å². The van der Waals surface area contributed by atoms with Crippen LogP contribution in [-0.4, -0.2) is 30.3 Å². The van der Waals surface area contributed by atoms with Gasteiger partial charge in [0.1, 0.15) is 5.52 Å². The molecule has 1 aliphatic heterocycles. The molecule has 2 aromatic carbocycles. The summed E-state index contributed by atoms with van der Waals surface area (Å²) in [6.45, 7) is 0.111. The van der Waals surface area contributed by atoms with Crippen molar-refractivity contribution in [3.63, 3.8) is 0 Å². The van der Waals surface area contributed by atoms with Gasteiger partial charge in [-0.25, -0.2) is 9.78 Å². The topological polar surface area (TPSA) is 99.9 Å². The zero-order valence-corrected chi connectivity index (χ0v) is 13.6. The molecule has 1 N–H and O–H groups in total. The van der Waals surface area contributed by atoms with E-state index in [1.165, 1.54) is 6.39 Å². The number of ether oxygens (including phenoxy) is 3. The van der Waals surface area contributed by atoms with E-state index in [1.807, 2.05) is 6.07 Å². The first-order chi connectivity index (χ1) is 12.7. The van der Waals surface area contributed by atoms with Gasteiger partial charge in [0.05, 0.1) is 5.56 Å². The Morgan fingerprint density at radius 3 is 2.92 bits per heavy atom. The number of fused-ring (bicyclic) bond motifs is 2. The molecule has 0 fully saturated rings. The smallest absolute Gasteiger partial charge is 0.338 e. The van der Waals surface area contributed by atoms with Crippen molar-refractivity contribution in [2.45, 2.75) is 6.54 Å². The van der Waals surface area contributed by atoms with E-state index >= 15 is 0 Å². The monoisotopic (exact) mass is 354 g/mol. The third-order valence-electron chi connectivity index (χ3n) is 3.83. The van der Waals surface area contributed by atoms with Gasteiger partial charge in [0.15, 0.2) is 30.1 Å². The molecule has 26 heavy (non-hydrogen) atoms. The van der Waals surface area contributed by atoms with Gasteiger partial charge in [-0.1, -0.05) is 6.07 Å². The molecule has 4 rings (SSSR count). The number of amides is 1. The van der Waals surface area contributed by atoms with E-state index < -0.39 is 11.9 Å². The third-order valence-corrected chi connectivity index (χ3v) is 3.83. The molecule has 0 atom stereocenters. The second-order valence-corrected chi connectivity index (χ2v) is 5.58. The van der Waals surface area contributed by atoms with Gasteiger partial charge in [-0.05, 0) is 35.9 Å². The van der Waals surface area contributed by atoms with Crippen LogP contribution >= 0.6 is 0 Å². The molecular weight excluding hydrogens is 340 g/mol. The van der Waals surface area contributed by atoms with E-state index in [-0.39, 0.29) is 19.9 Å². The Bertz CT molecular complexity index is 981. The largest absolute Gasteiger partial charge is 0.454 e. The fourth-order valence-corrected chi connectivity index (χ4v) is 2.50. The normalized spacial score (nSPS) is 12.2. The molecule has 1 amide bonds. The first kappa shape index (κ1) is 15.9. The molecule has 8 heteroatoms. The van der Waals surface area contributed by atoms with E-state index in [2.05, 4.69) is 10.3 Å². The maximum Gasteiger partial charge on any atom is 0.338 e. The van der Waals surface area contributed by atoms with Crippen molar-refractivity contribution in [1.82, 2.24) is 10.3 Å². The molecule has 0 unspecified atom stereocenters. The number of aromatic nitrogens is 1. The number of benzene rings is 2. The lowest BCUT2D eigenvalue weighted by Gasteiger charge is -2.07. The maximum absolute atomic E-state index is 12.0. The SMILES string of the molecule is O=C(COC(=O)c1ccc2ocnc2c1)NCc1ccc2c(c1)OCO2. The van der Waals surface area contributed by atoms with Gasteiger partial charge in [0, 0.05) is 6.54 Å². The number of nitrogens with one attached hydrogen (secondary N) is 1. The number of oxazole rings is 1. The number of carbonyl (C=O) groups excluding carboxylic acids is 2. The molecule has 0 aliphatic carbocycles. The zero-order valence-electron chi connectivity index (χ0n) is 13.6. The van der Waals surface area contributed by atoms with Crippen molar-refractivity contribution in [3.8, 4) is 11.5 Å². The van der Waals surface area contributed by atoms with Crippen LogP contribution in [0.5, 0.6) is 11.5 Å². The van der Waals surface area contributed by atoms with Gasteiger partial charge in [-0.2, -0.15) is 0 Å². The van der Waals surface area contributed by atoms with Crippen LogP contribution < -0.4 is 14.8 Å². The summed E-state index contributed by atoms with van der Waals surface area (Å²) in [6, 6.07) is 10.1. The first-order valence-corrected chi connectivity index (χ1v) is 7.85. The summed E-state index contributed by atoms with van der Waals surface area (Å²) in [7, 11) is 0. The van der Waals surface area contributed by atoms with E-state index in [9.17, 15) is 9.59 Å². The molecule has 0 spiro atoms. The molecular formula is C18H14N2O6. The van der Waals surface area contributed by atoms with Crippen molar-refractivity contribution in [2.24, 2.45) is 0 Å². The van der Waals surface area contributed by atoms with Gasteiger partial charge in [-0.3, -0.25) is 4.79 Å². The van der Waals surface area contributed by atoms with Crippen LogP contribution in [0.25, 0.3) is 11.1 Å². The average molecular weight is 354 g/mol. The molecule has 0 radical (unpaired) electrons. The van der Waals surface area contributed by atoms with E-state index in [0.717, 1.165) is 5.56 Å². The van der Waals surface area contributed by atoms with E-state index in [0.29, 0.717) is 28.2 Å². The lowest BCUT2D eigenvalue weighted by atomic mass is 10.2. The number of hydrogen-bond acceptors (Lipinski definition) is 7. The number of carbonyl (C=O) groups is 2. The van der Waals surface area contributed by atoms with Crippen LogP contribution in [0.2, 0.25) is 0 Å². The third kappa shape index (κ3) is 3.30. The van der Waals surface area contributed by atoms with Crippen LogP contribution in [0.1, 0.15) is 15.9 Å². The van der Waals surface area contributed by atoms with E-state index in [4.69, 9.17) is 18.6 Å². The standard InChI is InChI=1S/C18H14N2O6/c21-17(19-7-11-1-3-15-16(5-11)26-10-25-15)8-23-18(22)12-2-4-14-13(6-12)20-9-24-14/h1-6,9H,7-8,10H2,(H,19,21). The molecule has 2 heterocycles. The fourth-order valence-electron chi connectivity index (χ4n) is 2.50. The maximum atomic E-state index is 12.0. The van der Waals surface area contributed by atoms with Gasteiger partial charge in [0.25, 0.3) is 5.91 Å². The summed E-state index contributed by atoms with van der Waals surface area (Å²) in [6.07, 6.45) is 1.29. The highest BCUT2D eigenvalue weighted by atomic mass is 16.7. The summed E-state index contributed by atoms with van der Waals surface area (Å²) in [5.74, 6) is 0.316. The fraction of sp³-hybridized carbons (Fsp3) is 0.167. The van der Waals surface area contributed by atoms with Crippen molar-refractivity contribution in [1.29, 1.82) is 0 Å². The Hall–Kier alpha value is -3.55. The molecule has 0 saturated heterocycles. The quantitative estimate of drug-likeness (QED) is 0.700. The van der Waals surface area contributed by atoms with Gasteiger partial charge in [-0.15, -0.1) is 0 Å². The van der Waals surface area contributed by atoms with Crippen molar-refractivity contribution in [2.75, 3.05) is 13.4 Å². The Kier molecular flexibility index (Phi) is 4.14.